The van der Waals surface area contributed by atoms with Gasteiger partial charge in [-0.25, -0.2) is 0 Å². The van der Waals surface area contributed by atoms with E-state index < -0.39 is 5.79 Å². The van der Waals surface area contributed by atoms with Crippen molar-refractivity contribution in [1.82, 2.24) is 15.2 Å². The van der Waals surface area contributed by atoms with Crippen LogP contribution in [0.25, 0.3) is 0 Å². The van der Waals surface area contributed by atoms with Crippen LogP contribution in [0.5, 0.6) is 0 Å². The molecule has 3 atom stereocenters. The minimum absolute atomic E-state index is 0.000885. The van der Waals surface area contributed by atoms with Crippen molar-refractivity contribution in [2.75, 3.05) is 26.2 Å². The summed E-state index contributed by atoms with van der Waals surface area (Å²) in [7, 11) is 0. The fraction of sp³-hybridized carbons (Fsp3) is 0.625. The number of pyridine rings is 1. The monoisotopic (exact) mass is 305 g/mol. The summed E-state index contributed by atoms with van der Waals surface area (Å²) in [6, 6.07) is 5.91. The molecule has 2 aliphatic heterocycles. The van der Waals surface area contributed by atoms with E-state index in [9.17, 15) is 4.79 Å². The van der Waals surface area contributed by atoms with Gasteiger partial charge in [0.15, 0.2) is 5.79 Å². The molecule has 120 valence electrons. The van der Waals surface area contributed by atoms with Gasteiger partial charge in [0.05, 0.1) is 6.61 Å². The first-order valence-electron chi connectivity index (χ1n) is 7.77. The molecule has 2 fully saturated rings. The minimum atomic E-state index is -0.538. The smallest absolute Gasteiger partial charge is 0.238 e. The molecule has 3 heterocycles. The van der Waals surface area contributed by atoms with E-state index in [1.807, 2.05) is 32.0 Å². The Kier molecular flexibility index (Phi) is 4.42. The van der Waals surface area contributed by atoms with Crippen LogP contribution in [-0.4, -0.2) is 60.0 Å². The van der Waals surface area contributed by atoms with Crippen LogP contribution < -0.4 is 5.32 Å². The van der Waals surface area contributed by atoms with Crippen LogP contribution in [0.3, 0.4) is 0 Å². The van der Waals surface area contributed by atoms with Gasteiger partial charge in [-0.05, 0) is 26.0 Å². The van der Waals surface area contributed by atoms with Gasteiger partial charge in [0.1, 0.15) is 12.1 Å². The van der Waals surface area contributed by atoms with Crippen molar-refractivity contribution in [2.24, 2.45) is 0 Å². The molecule has 0 radical (unpaired) electrons. The lowest BCUT2D eigenvalue weighted by Crippen LogP contribution is -2.37. The van der Waals surface area contributed by atoms with Gasteiger partial charge in [0.25, 0.3) is 0 Å². The highest BCUT2D eigenvalue weighted by molar-refractivity contribution is 5.84. The Hall–Kier alpha value is -1.50. The molecule has 22 heavy (non-hydrogen) atoms. The van der Waals surface area contributed by atoms with Crippen LogP contribution in [0, 0.1) is 0 Å². The van der Waals surface area contributed by atoms with Crippen LogP contribution in [0.15, 0.2) is 24.4 Å². The third-order valence-electron chi connectivity index (χ3n) is 3.97. The third kappa shape index (κ3) is 4.03. The summed E-state index contributed by atoms with van der Waals surface area (Å²) in [6.45, 7) is 6.50. The summed E-state index contributed by atoms with van der Waals surface area (Å²) >= 11 is 0. The molecule has 6 nitrogen and oxygen atoms in total. The lowest BCUT2D eigenvalue weighted by atomic mass is 10.3. The topological polar surface area (TPSA) is 63.5 Å². The molecule has 3 rings (SSSR count). The summed E-state index contributed by atoms with van der Waals surface area (Å²) in [5, 5.41) is 2.95. The fourth-order valence-corrected chi connectivity index (χ4v) is 2.67. The predicted octanol–water partition coefficient (Wildman–Crippen LogP) is 0.576. The van der Waals surface area contributed by atoms with Gasteiger partial charge in [-0.15, -0.1) is 0 Å². The largest absolute Gasteiger partial charge is 0.352 e. The molecular formula is C16H23N3O3. The number of nitrogens with zero attached hydrogens (tertiary/aromatic N) is 2. The maximum absolute atomic E-state index is 12.1. The lowest BCUT2D eigenvalue weighted by Gasteiger charge is -2.17. The zero-order valence-electron chi connectivity index (χ0n) is 13.1. The predicted molar refractivity (Wildman–Crippen MR) is 81.2 cm³/mol. The molecule has 0 aliphatic carbocycles. The first-order valence-corrected chi connectivity index (χ1v) is 7.77. The van der Waals surface area contributed by atoms with Gasteiger partial charge in [-0.1, -0.05) is 6.07 Å². The third-order valence-corrected chi connectivity index (χ3v) is 3.97. The van der Waals surface area contributed by atoms with E-state index in [1.54, 1.807) is 6.20 Å². The zero-order valence-corrected chi connectivity index (χ0v) is 13.1. The van der Waals surface area contributed by atoms with Crippen molar-refractivity contribution in [3.8, 4) is 0 Å². The molecule has 0 bridgehead atoms. The SMILES string of the molecule is CC1(C)OCC(CNC(=O)C2CN2CCc2ccccn2)O1. The number of nitrogens with one attached hydrogen (secondary N) is 1. The number of hydrogen-bond donors (Lipinski definition) is 1. The van der Waals surface area contributed by atoms with E-state index >= 15 is 0 Å². The molecule has 3 unspecified atom stereocenters. The number of rotatable bonds is 6. The normalized spacial score (nSPS) is 29.3. The van der Waals surface area contributed by atoms with Crippen molar-refractivity contribution in [3.63, 3.8) is 0 Å². The van der Waals surface area contributed by atoms with Gasteiger partial charge in [-0.3, -0.25) is 14.7 Å². The Morgan fingerprint density at radius 1 is 1.50 bits per heavy atom. The molecule has 0 spiro atoms. The molecule has 1 aromatic heterocycles. The number of aromatic nitrogens is 1. The van der Waals surface area contributed by atoms with Crippen molar-refractivity contribution >= 4 is 5.91 Å². The standard InChI is InChI=1S/C16H23N3O3/c1-16(2)21-11-13(22-16)9-18-15(20)14-10-19(14)8-6-12-5-3-4-7-17-12/h3-5,7,13-14H,6,8-11H2,1-2H3,(H,18,20). The maximum Gasteiger partial charge on any atom is 0.238 e. The summed E-state index contributed by atoms with van der Waals surface area (Å²) in [5.41, 5.74) is 1.06. The van der Waals surface area contributed by atoms with Crippen LogP contribution >= 0.6 is 0 Å². The molecule has 0 aromatic carbocycles. The van der Waals surface area contributed by atoms with E-state index in [-0.39, 0.29) is 18.1 Å². The Labute approximate surface area is 130 Å². The Balaban J connectivity index is 1.35. The number of carbonyl (C=O) groups excluding carboxylic acids is 1. The van der Waals surface area contributed by atoms with Crippen LogP contribution in [0.1, 0.15) is 19.5 Å². The van der Waals surface area contributed by atoms with Gasteiger partial charge in [0, 0.05) is 37.9 Å². The molecule has 2 saturated heterocycles. The van der Waals surface area contributed by atoms with Crippen molar-refractivity contribution in [3.05, 3.63) is 30.1 Å². The summed E-state index contributed by atoms with van der Waals surface area (Å²) < 4.78 is 11.2. The second-order valence-electron chi connectivity index (χ2n) is 6.28. The van der Waals surface area contributed by atoms with Crippen molar-refractivity contribution < 1.29 is 14.3 Å². The van der Waals surface area contributed by atoms with Crippen molar-refractivity contribution in [1.29, 1.82) is 0 Å². The number of ether oxygens (including phenoxy) is 2. The highest BCUT2D eigenvalue weighted by atomic mass is 16.7. The maximum atomic E-state index is 12.1. The second-order valence-corrected chi connectivity index (χ2v) is 6.28. The molecular weight excluding hydrogens is 282 g/mol. The van der Waals surface area contributed by atoms with Crippen molar-refractivity contribution in [2.45, 2.75) is 38.2 Å². The molecule has 6 heteroatoms. The van der Waals surface area contributed by atoms with Gasteiger partial charge < -0.3 is 14.8 Å². The van der Waals surface area contributed by atoms with Gasteiger partial charge in [-0.2, -0.15) is 0 Å². The Bertz CT molecular complexity index is 521. The Morgan fingerprint density at radius 3 is 3.05 bits per heavy atom. The number of carbonyl (C=O) groups is 1. The molecule has 1 amide bonds. The Morgan fingerprint density at radius 2 is 2.36 bits per heavy atom. The van der Waals surface area contributed by atoms with E-state index in [1.165, 1.54) is 0 Å². The molecule has 1 N–H and O–H groups in total. The average Bonchev–Trinajstić information content (AvgIpc) is 3.20. The highest BCUT2D eigenvalue weighted by Crippen LogP contribution is 2.22. The van der Waals surface area contributed by atoms with Crippen LogP contribution in [-0.2, 0) is 20.7 Å². The zero-order chi connectivity index (χ0) is 15.6. The van der Waals surface area contributed by atoms with Crippen LogP contribution in [0.2, 0.25) is 0 Å². The number of hydrogen-bond acceptors (Lipinski definition) is 5. The summed E-state index contributed by atoms with van der Waals surface area (Å²) in [5.74, 6) is -0.460. The summed E-state index contributed by atoms with van der Waals surface area (Å²) in [4.78, 5) is 18.5. The molecule has 2 aliphatic rings. The van der Waals surface area contributed by atoms with E-state index in [2.05, 4.69) is 15.2 Å². The quantitative estimate of drug-likeness (QED) is 0.779. The van der Waals surface area contributed by atoms with E-state index in [0.29, 0.717) is 13.2 Å². The minimum Gasteiger partial charge on any atom is -0.352 e. The number of amides is 1. The van der Waals surface area contributed by atoms with Gasteiger partial charge in [0.2, 0.25) is 5.91 Å². The average molecular weight is 305 g/mol. The van der Waals surface area contributed by atoms with Gasteiger partial charge >= 0.3 is 0 Å². The lowest BCUT2D eigenvalue weighted by molar-refractivity contribution is -0.139. The molecule has 0 saturated carbocycles. The first kappa shape index (κ1) is 15.4. The van der Waals surface area contributed by atoms with E-state index in [0.717, 1.165) is 25.2 Å². The van der Waals surface area contributed by atoms with E-state index in [4.69, 9.17) is 9.47 Å². The molecule has 1 aromatic rings. The highest BCUT2D eigenvalue weighted by Gasteiger charge is 2.40. The second kappa shape index (κ2) is 6.32. The fourth-order valence-electron chi connectivity index (χ4n) is 2.67. The summed E-state index contributed by atoms with van der Waals surface area (Å²) in [6.07, 6.45) is 2.62. The van der Waals surface area contributed by atoms with Crippen LogP contribution in [0.4, 0.5) is 0 Å². The first-order chi connectivity index (χ1) is 10.5.